The molecule has 5 amide bonds. The van der Waals surface area contributed by atoms with Crippen LogP contribution in [0.3, 0.4) is 0 Å². The van der Waals surface area contributed by atoms with E-state index in [0.717, 1.165) is 51.4 Å². The van der Waals surface area contributed by atoms with E-state index in [1.165, 1.54) is 9.21 Å². The summed E-state index contributed by atoms with van der Waals surface area (Å²) in [7, 11) is -2.11. The molecule has 1 saturated heterocycles. The van der Waals surface area contributed by atoms with Gasteiger partial charge >= 0.3 is 6.03 Å². The number of unbranched alkanes of at least 4 members (excludes halogenated alkanes) is 1. The Balaban J connectivity index is 1.46. The molecule has 3 saturated carbocycles. The Morgan fingerprint density at radius 2 is 1.54 bits per heavy atom. The number of sulfonamides is 1. The zero-order valence-corrected chi connectivity index (χ0v) is 32.2. The van der Waals surface area contributed by atoms with Crippen LogP contribution < -0.4 is 21.3 Å². The number of Topliss-reactive ketones (excluding diaryl/α,β-unsaturated/α-hetero) is 1. The molecule has 1 heterocycles. The Morgan fingerprint density at radius 3 is 2.10 bits per heavy atom. The molecule has 0 aromatic heterocycles. The van der Waals surface area contributed by atoms with Crippen LogP contribution in [0.4, 0.5) is 4.79 Å². The van der Waals surface area contributed by atoms with E-state index in [9.17, 15) is 32.4 Å². The third-order valence-corrected chi connectivity index (χ3v) is 13.5. The number of rotatable bonds is 16. The van der Waals surface area contributed by atoms with Crippen molar-refractivity contribution >= 4 is 39.6 Å². The number of urea groups is 1. The van der Waals surface area contributed by atoms with Crippen LogP contribution in [0.15, 0.2) is 0 Å². The molecule has 0 aromatic carbocycles. The van der Waals surface area contributed by atoms with Crippen molar-refractivity contribution in [3.8, 4) is 0 Å². The quantitative estimate of drug-likeness (QED) is 0.177. The highest BCUT2D eigenvalue weighted by molar-refractivity contribution is 7.89. The summed E-state index contributed by atoms with van der Waals surface area (Å²) in [6.07, 6.45) is 9.88. The van der Waals surface area contributed by atoms with E-state index in [1.54, 1.807) is 7.05 Å². The number of carbonyl (C=O) groups excluding carboxylic acids is 5. The average molecular weight is 723 g/mol. The molecule has 3 atom stereocenters. The first-order chi connectivity index (χ1) is 23.3. The molecule has 284 valence electrons. The summed E-state index contributed by atoms with van der Waals surface area (Å²) in [5.41, 5.74) is -2.26. The molecule has 4 fully saturated rings. The second-order valence-electron chi connectivity index (χ2n) is 16.9. The van der Waals surface area contributed by atoms with Crippen molar-refractivity contribution in [2.75, 3.05) is 19.3 Å². The van der Waals surface area contributed by atoms with Crippen molar-refractivity contribution in [3.63, 3.8) is 0 Å². The number of likely N-dealkylation sites (tertiary alicyclic amines) is 1. The van der Waals surface area contributed by atoms with Gasteiger partial charge in [0.15, 0.2) is 0 Å². The smallest absolute Gasteiger partial charge is 0.315 e. The molecule has 4 aliphatic rings. The second kappa shape index (κ2) is 15.9. The van der Waals surface area contributed by atoms with Crippen molar-refractivity contribution in [2.24, 2.45) is 11.3 Å². The summed E-state index contributed by atoms with van der Waals surface area (Å²) < 4.78 is 29.1. The summed E-state index contributed by atoms with van der Waals surface area (Å²) in [5, 5.41) is 11.4. The standard InChI is InChI=1S/C36H62N6O7S/c1-8-9-14-26(28(43)31(45)37-25-18-19-25)38-30(44)27-15-13-22-42(27)32(46)29(34(2,3)4)39-33(47)40-36(20-11-10-12-21-36)23-50(48,49)41(7)35(5,6)24-16-17-24/h24-27,29H,8-23H2,1-7H3,(H,37,45)(H,38,44)(H2,39,40,47)/t26?,27-,29+/m0/s1. The van der Waals surface area contributed by atoms with E-state index in [1.807, 2.05) is 41.5 Å². The minimum Gasteiger partial charge on any atom is -0.347 e. The zero-order valence-electron chi connectivity index (χ0n) is 31.4. The normalized spacial score (nSPS) is 22.4. The summed E-state index contributed by atoms with van der Waals surface area (Å²) in [4.78, 5) is 68.7. The Hall–Kier alpha value is -2.74. The summed E-state index contributed by atoms with van der Waals surface area (Å²) in [5.74, 6) is -2.21. The first-order valence-electron chi connectivity index (χ1n) is 18.8. The van der Waals surface area contributed by atoms with Gasteiger partial charge in [-0.1, -0.05) is 59.8 Å². The maximum atomic E-state index is 14.2. The van der Waals surface area contributed by atoms with Crippen LogP contribution >= 0.6 is 0 Å². The Labute approximate surface area is 299 Å². The lowest BCUT2D eigenvalue weighted by atomic mass is 9.83. The molecule has 4 rings (SSSR count). The van der Waals surface area contributed by atoms with Gasteiger partial charge in [-0.15, -0.1) is 0 Å². The minimum atomic E-state index is -3.74. The van der Waals surface area contributed by atoms with Crippen LogP contribution in [-0.2, 0) is 29.2 Å². The Morgan fingerprint density at radius 1 is 0.900 bits per heavy atom. The number of ketones is 1. The van der Waals surface area contributed by atoms with Gasteiger partial charge in [-0.2, -0.15) is 4.31 Å². The van der Waals surface area contributed by atoms with Crippen LogP contribution in [0.25, 0.3) is 0 Å². The predicted octanol–water partition coefficient (Wildman–Crippen LogP) is 3.37. The van der Waals surface area contributed by atoms with Gasteiger partial charge in [-0.3, -0.25) is 19.2 Å². The van der Waals surface area contributed by atoms with Crippen LogP contribution in [-0.4, -0.2) is 102 Å². The van der Waals surface area contributed by atoms with Gasteiger partial charge < -0.3 is 26.2 Å². The molecule has 14 heteroatoms. The second-order valence-corrected chi connectivity index (χ2v) is 18.9. The molecule has 0 aromatic rings. The van der Waals surface area contributed by atoms with Gasteiger partial charge in [0.2, 0.25) is 27.6 Å². The van der Waals surface area contributed by atoms with Crippen LogP contribution in [0.2, 0.25) is 0 Å². The fourth-order valence-electron chi connectivity index (χ4n) is 7.50. The molecule has 1 aliphatic heterocycles. The number of amides is 5. The van der Waals surface area contributed by atoms with E-state index in [-0.39, 0.29) is 11.8 Å². The maximum absolute atomic E-state index is 14.2. The van der Waals surface area contributed by atoms with Gasteiger partial charge in [0.1, 0.15) is 12.1 Å². The van der Waals surface area contributed by atoms with Gasteiger partial charge in [-0.05, 0) is 83.0 Å². The highest BCUT2D eigenvalue weighted by Gasteiger charge is 2.49. The lowest BCUT2D eigenvalue weighted by Crippen LogP contribution is -2.64. The Bertz CT molecular complexity index is 1380. The lowest BCUT2D eigenvalue weighted by molar-refractivity contribution is -0.143. The molecule has 1 unspecified atom stereocenters. The van der Waals surface area contributed by atoms with Gasteiger partial charge in [0.25, 0.3) is 5.91 Å². The van der Waals surface area contributed by atoms with Crippen molar-refractivity contribution in [3.05, 3.63) is 0 Å². The molecule has 0 radical (unpaired) electrons. The summed E-state index contributed by atoms with van der Waals surface area (Å²) in [6.45, 7) is 11.7. The van der Waals surface area contributed by atoms with Gasteiger partial charge in [0, 0.05) is 25.2 Å². The molecule has 4 N–H and O–H groups in total. The third kappa shape index (κ3) is 9.98. The lowest BCUT2D eigenvalue weighted by Gasteiger charge is -2.42. The number of hydrogen-bond acceptors (Lipinski definition) is 7. The van der Waals surface area contributed by atoms with E-state index in [4.69, 9.17) is 0 Å². The van der Waals surface area contributed by atoms with E-state index in [2.05, 4.69) is 21.3 Å². The molecule has 0 bridgehead atoms. The number of nitrogens with zero attached hydrogens (tertiary/aromatic N) is 2. The van der Waals surface area contributed by atoms with Crippen molar-refractivity contribution in [1.29, 1.82) is 0 Å². The molecular weight excluding hydrogens is 660 g/mol. The number of hydrogen-bond donors (Lipinski definition) is 4. The number of carbonyl (C=O) groups is 5. The highest BCUT2D eigenvalue weighted by Crippen LogP contribution is 2.44. The Kier molecular flexibility index (Phi) is 12.7. The van der Waals surface area contributed by atoms with Crippen LogP contribution in [0.5, 0.6) is 0 Å². The zero-order chi connectivity index (χ0) is 37.1. The fourth-order valence-corrected chi connectivity index (χ4v) is 9.62. The summed E-state index contributed by atoms with van der Waals surface area (Å²) >= 11 is 0. The minimum absolute atomic E-state index is 0.00848. The third-order valence-electron chi connectivity index (χ3n) is 11.3. The van der Waals surface area contributed by atoms with Crippen molar-refractivity contribution < 1.29 is 32.4 Å². The van der Waals surface area contributed by atoms with Crippen LogP contribution in [0, 0.1) is 11.3 Å². The van der Waals surface area contributed by atoms with E-state index < -0.39 is 74.2 Å². The van der Waals surface area contributed by atoms with Crippen LogP contribution in [0.1, 0.15) is 131 Å². The molecule has 3 aliphatic carbocycles. The fraction of sp³-hybridized carbons (Fsp3) is 0.861. The van der Waals surface area contributed by atoms with Gasteiger partial charge in [0.05, 0.1) is 17.3 Å². The van der Waals surface area contributed by atoms with Crippen molar-refractivity contribution in [2.45, 2.75) is 167 Å². The number of nitrogens with one attached hydrogen (secondary N) is 4. The SMILES string of the molecule is CCCCC(NC(=O)[C@@H]1CCCN1C(=O)[C@@H](NC(=O)NC1(CS(=O)(=O)N(C)C(C)(C)C2CC2)CCCCC1)C(C)(C)C)C(=O)C(=O)NC1CC1. The van der Waals surface area contributed by atoms with Crippen molar-refractivity contribution in [1.82, 2.24) is 30.5 Å². The maximum Gasteiger partial charge on any atom is 0.315 e. The first-order valence-corrected chi connectivity index (χ1v) is 20.4. The molecule has 50 heavy (non-hydrogen) atoms. The predicted molar refractivity (Wildman–Crippen MR) is 191 cm³/mol. The summed E-state index contributed by atoms with van der Waals surface area (Å²) in [6, 6.07) is -3.48. The monoisotopic (exact) mass is 722 g/mol. The topological polar surface area (TPSA) is 174 Å². The highest BCUT2D eigenvalue weighted by atomic mass is 32.2. The van der Waals surface area contributed by atoms with E-state index in [0.29, 0.717) is 51.0 Å². The average Bonchev–Trinajstić information content (AvgIpc) is 3.98. The molecule has 13 nitrogen and oxygen atoms in total. The van der Waals surface area contributed by atoms with E-state index >= 15 is 0 Å². The molecule has 0 spiro atoms. The van der Waals surface area contributed by atoms with Gasteiger partial charge in [-0.25, -0.2) is 13.2 Å². The molecular formula is C36H62N6O7S. The first kappa shape index (κ1) is 40.0. The largest absolute Gasteiger partial charge is 0.347 e.